The van der Waals surface area contributed by atoms with Crippen LogP contribution in [-0.2, 0) is 0 Å². The highest BCUT2D eigenvalue weighted by Crippen LogP contribution is 2.26. The molecule has 0 aromatic rings. The molecule has 19 heavy (non-hydrogen) atoms. The second-order valence-electron chi connectivity index (χ2n) is 7.32. The number of rotatable bonds is 6. The first-order valence-corrected chi connectivity index (χ1v) is 7.91. The number of likely N-dealkylation sites (tertiary alicyclic amines) is 1. The molecule has 0 saturated carbocycles. The van der Waals surface area contributed by atoms with E-state index in [-0.39, 0.29) is 11.5 Å². The zero-order valence-electron chi connectivity index (χ0n) is 13.7. The van der Waals surface area contributed by atoms with Gasteiger partial charge in [-0.1, -0.05) is 41.5 Å². The van der Waals surface area contributed by atoms with E-state index in [9.17, 15) is 5.11 Å². The van der Waals surface area contributed by atoms with Gasteiger partial charge in [0.25, 0.3) is 0 Å². The Kier molecular flexibility index (Phi) is 6.28. The smallest absolute Gasteiger partial charge is 0.0626 e. The van der Waals surface area contributed by atoms with Crippen molar-refractivity contribution in [2.75, 3.05) is 26.2 Å². The zero-order chi connectivity index (χ0) is 14.6. The molecule has 1 fully saturated rings. The van der Waals surface area contributed by atoms with Crippen LogP contribution < -0.4 is 5.32 Å². The van der Waals surface area contributed by atoms with E-state index in [1.165, 1.54) is 19.5 Å². The van der Waals surface area contributed by atoms with E-state index in [0.29, 0.717) is 17.9 Å². The van der Waals surface area contributed by atoms with Crippen LogP contribution in [0, 0.1) is 17.3 Å². The van der Waals surface area contributed by atoms with Crippen LogP contribution in [0.15, 0.2) is 0 Å². The highest BCUT2D eigenvalue weighted by molar-refractivity contribution is 4.87. The van der Waals surface area contributed by atoms with E-state index in [1.807, 2.05) is 0 Å². The van der Waals surface area contributed by atoms with E-state index < -0.39 is 0 Å². The van der Waals surface area contributed by atoms with Crippen molar-refractivity contribution in [1.82, 2.24) is 10.2 Å². The average molecular weight is 270 g/mol. The summed E-state index contributed by atoms with van der Waals surface area (Å²) in [6.45, 7) is 17.5. The maximum atomic E-state index is 10.3. The Morgan fingerprint density at radius 1 is 1.37 bits per heavy atom. The van der Waals surface area contributed by atoms with Gasteiger partial charge >= 0.3 is 0 Å². The summed E-state index contributed by atoms with van der Waals surface area (Å²) in [5.41, 5.74) is -0.0597. The molecule has 0 bridgehead atoms. The Balaban J connectivity index is 2.44. The third-order valence-electron chi connectivity index (χ3n) is 4.69. The number of piperidine rings is 1. The van der Waals surface area contributed by atoms with Crippen LogP contribution in [0.4, 0.5) is 0 Å². The van der Waals surface area contributed by atoms with Crippen LogP contribution in [0.5, 0.6) is 0 Å². The van der Waals surface area contributed by atoms with Crippen LogP contribution in [0.1, 0.15) is 48.0 Å². The second-order valence-corrected chi connectivity index (χ2v) is 7.32. The minimum atomic E-state index is -0.244. The van der Waals surface area contributed by atoms with E-state index >= 15 is 0 Å². The van der Waals surface area contributed by atoms with Gasteiger partial charge in [0, 0.05) is 24.5 Å². The third-order valence-corrected chi connectivity index (χ3v) is 4.69. The summed E-state index contributed by atoms with van der Waals surface area (Å²) in [6, 6.07) is 0.599. The topological polar surface area (TPSA) is 35.5 Å². The molecule has 3 heteroatoms. The standard InChI is InChI=1S/C16H34N2O/c1-7-18-9-8-14(13(4)10-18)17-11-16(5,6)15(19)12(2)3/h12-15,17,19H,7-11H2,1-6H3. The average Bonchev–Trinajstić information content (AvgIpc) is 2.36. The SMILES string of the molecule is CCN1CCC(NCC(C)(C)C(O)C(C)C)C(C)C1. The first kappa shape index (κ1) is 16.9. The molecule has 1 saturated heterocycles. The molecule has 2 N–H and O–H groups in total. The lowest BCUT2D eigenvalue weighted by Crippen LogP contribution is -2.52. The number of hydrogen-bond donors (Lipinski definition) is 2. The molecule has 0 aliphatic carbocycles. The largest absolute Gasteiger partial charge is 0.392 e. The van der Waals surface area contributed by atoms with Crippen LogP contribution in [-0.4, -0.2) is 48.3 Å². The van der Waals surface area contributed by atoms with Crippen molar-refractivity contribution < 1.29 is 5.11 Å². The Hall–Kier alpha value is -0.120. The maximum absolute atomic E-state index is 10.3. The molecule has 1 aliphatic heterocycles. The third kappa shape index (κ3) is 4.73. The Bertz CT molecular complexity index is 265. The van der Waals surface area contributed by atoms with E-state index in [0.717, 1.165) is 13.1 Å². The van der Waals surface area contributed by atoms with Gasteiger partial charge < -0.3 is 15.3 Å². The van der Waals surface area contributed by atoms with Crippen LogP contribution in [0.3, 0.4) is 0 Å². The first-order chi connectivity index (χ1) is 8.77. The van der Waals surface area contributed by atoms with Crippen molar-refractivity contribution in [3.63, 3.8) is 0 Å². The predicted molar refractivity (Wildman–Crippen MR) is 82.3 cm³/mol. The summed E-state index contributed by atoms with van der Waals surface area (Å²) in [7, 11) is 0. The summed E-state index contributed by atoms with van der Waals surface area (Å²) in [5, 5.41) is 14.0. The normalized spacial score (nSPS) is 27.8. The van der Waals surface area contributed by atoms with Gasteiger partial charge in [0.1, 0.15) is 0 Å². The van der Waals surface area contributed by atoms with Crippen molar-refractivity contribution in [2.45, 2.75) is 60.1 Å². The molecule has 1 rings (SSSR count). The van der Waals surface area contributed by atoms with Crippen molar-refractivity contribution in [3.8, 4) is 0 Å². The van der Waals surface area contributed by atoms with Gasteiger partial charge in [-0.05, 0) is 31.3 Å². The molecule has 1 aliphatic rings. The minimum Gasteiger partial charge on any atom is -0.392 e. The lowest BCUT2D eigenvalue weighted by Gasteiger charge is -2.40. The van der Waals surface area contributed by atoms with E-state index in [4.69, 9.17) is 0 Å². The van der Waals surface area contributed by atoms with Crippen molar-refractivity contribution in [3.05, 3.63) is 0 Å². The fraction of sp³-hybridized carbons (Fsp3) is 1.00. The van der Waals surface area contributed by atoms with E-state index in [1.54, 1.807) is 0 Å². The second kappa shape index (κ2) is 7.05. The maximum Gasteiger partial charge on any atom is 0.0626 e. The van der Waals surface area contributed by atoms with Gasteiger partial charge in [-0.15, -0.1) is 0 Å². The lowest BCUT2D eigenvalue weighted by atomic mass is 9.80. The van der Waals surface area contributed by atoms with Gasteiger partial charge in [0.2, 0.25) is 0 Å². The van der Waals surface area contributed by atoms with Gasteiger partial charge in [-0.2, -0.15) is 0 Å². The molecular formula is C16H34N2O. The summed E-state index contributed by atoms with van der Waals surface area (Å²) < 4.78 is 0. The van der Waals surface area contributed by atoms with Gasteiger partial charge in [-0.25, -0.2) is 0 Å². The molecule has 3 atom stereocenters. The molecular weight excluding hydrogens is 236 g/mol. The molecule has 0 spiro atoms. The van der Waals surface area contributed by atoms with E-state index in [2.05, 4.69) is 51.8 Å². The van der Waals surface area contributed by atoms with Gasteiger partial charge in [0.05, 0.1) is 6.10 Å². The highest BCUT2D eigenvalue weighted by atomic mass is 16.3. The zero-order valence-corrected chi connectivity index (χ0v) is 13.7. The Morgan fingerprint density at radius 2 is 2.00 bits per heavy atom. The lowest BCUT2D eigenvalue weighted by molar-refractivity contribution is 0.00900. The Labute approximate surface area is 119 Å². The number of nitrogens with one attached hydrogen (secondary N) is 1. The molecule has 0 aromatic heterocycles. The van der Waals surface area contributed by atoms with Gasteiger partial charge in [-0.3, -0.25) is 0 Å². The fourth-order valence-electron chi connectivity index (χ4n) is 3.22. The van der Waals surface area contributed by atoms with Crippen LogP contribution in [0.25, 0.3) is 0 Å². The van der Waals surface area contributed by atoms with Crippen molar-refractivity contribution in [2.24, 2.45) is 17.3 Å². The molecule has 0 aromatic carbocycles. The number of aliphatic hydroxyl groups is 1. The molecule has 3 unspecified atom stereocenters. The molecule has 0 amide bonds. The van der Waals surface area contributed by atoms with Crippen molar-refractivity contribution >= 4 is 0 Å². The van der Waals surface area contributed by atoms with Gasteiger partial charge in [0.15, 0.2) is 0 Å². The Morgan fingerprint density at radius 3 is 2.47 bits per heavy atom. The van der Waals surface area contributed by atoms with Crippen LogP contribution in [0.2, 0.25) is 0 Å². The highest BCUT2D eigenvalue weighted by Gasteiger charge is 2.32. The molecule has 3 nitrogen and oxygen atoms in total. The van der Waals surface area contributed by atoms with Crippen molar-refractivity contribution in [1.29, 1.82) is 0 Å². The summed E-state index contributed by atoms with van der Waals surface area (Å²) >= 11 is 0. The first-order valence-electron chi connectivity index (χ1n) is 7.91. The number of hydrogen-bond acceptors (Lipinski definition) is 3. The predicted octanol–water partition coefficient (Wildman–Crippen LogP) is 2.35. The molecule has 1 heterocycles. The summed E-state index contributed by atoms with van der Waals surface area (Å²) in [4.78, 5) is 2.52. The summed E-state index contributed by atoms with van der Waals surface area (Å²) in [6.07, 6.45) is 0.981. The fourth-order valence-corrected chi connectivity index (χ4v) is 3.22. The number of aliphatic hydroxyl groups excluding tert-OH is 1. The molecule has 114 valence electrons. The number of nitrogens with zero attached hydrogens (tertiary/aromatic N) is 1. The monoisotopic (exact) mass is 270 g/mol. The summed E-state index contributed by atoms with van der Waals surface area (Å²) in [5.74, 6) is 1.01. The minimum absolute atomic E-state index is 0.0597. The molecule has 0 radical (unpaired) electrons. The van der Waals surface area contributed by atoms with Crippen LogP contribution >= 0.6 is 0 Å². The quantitative estimate of drug-likeness (QED) is 0.778.